The Balaban J connectivity index is 0.000000360. The summed E-state index contributed by atoms with van der Waals surface area (Å²) in [6.07, 6.45) is 3.57. The van der Waals surface area contributed by atoms with Crippen LogP contribution in [0.3, 0.4) is 0 Å². The maximum atomic E-state index is 9.78. The molecule has 1 aliphatic carbocycles. The van der Waals surface area contributed by atoms with E-state index >= 15 is 0 Å². The molecule has 1 rings (SSSR count). The van der Waals surface area contributed by atoms with Crippen LogP contribution in [0.5, 0.6) is 0 Å². The van der Waals surface area contributed by atoms with Gasteiger partial charge in [-0.1, -0.05) is 19.3 Å². The number of hydrogen-bond donors (Lipinski definition) is 0. The van der Waals surface area contributed by atoms with E-state index in [1.807, 2.05) is 0 Å². The van der Waals surface area contributed by atoms with Crippen molar-refractivity contribution in [1.82, 2.24) is 0 Å². The summed E-state index contributed by atoms with van der Waals surface area (Å²) in [6, 6.07) is 0. The minimum absolute atomic E-state index is 0. The van der Waals surface area contributed by atoms with E-state index in [1.54, 1.807) is 0 Å². The first-order chi connectivity index (χ1) is 2.93. The molecule has 0 aromatic rings. The second-order valence-corrected chi connectivity index (χ2v) is 1.94. The molecular weight excluding hydrogens is 115 g/mol. The van der Waals surface area contributed by atoms with Crippen molar-refractivity contribution in [2.24, 2.45) is 5.92 Å². The smallest absolute Gasteiger partial charge is 0.854 e. The molecule has 0 N–H and O–H groups in total. The molecule has 0 amide bonds. The van der Waals surface area contributed by atoms with Crippen LogP contribution in [0.15, 0.2) is 0 Å². The molecule has 0 radical (unpaired) electrons. The van der Waals surface area contributed by atoms with Crippen LogP contribution in [0, 0.1) is 5.92 Å². The Hall–Kier alpha value is 1.60. The van der Waals surface area contributed by atoms with Crippen molar-refractivity contribution < 1.29 is 56.5 Å². The zero-order chi connectivity index (χ0) is 4.41. The summed E-state index contributed by atoms with van der Waals surface area (Å²) < 4.78 is 0. The molecule has 36 valence electrons. The summed E-state index contributed by atoms with van der Waals surface area (Å²) in [6.45, 7) is 0.144. The van der Waals surface area contributed by atoms with Crippen LogP contribution in [-0.2, 0) is 0 Å². The molecule has 7 heavy (non-hydrogen) atoms. The third-order valence-corrected chi connectivity index (χ3v) is 1.22. The molecule has 0 aromatic heterocycles. The average molecular weight is 124 g/mol. The van der Waals surface area contributed by atoms with E-state index in [1.165, 1.54) is 12.8 Å². The first kappa shape index (κ1) is 8.60. The van der Waals surface area contributed by atoms with Crippen molar-refractivity contribution in [3.8, 4) is 0 Å². The first-order valence-corrected chi connectivity index (χ1v) is 2.51. The first-order valence-electron chi connectivity index (χ1n) is 2.51. The van der Waals surface area contributed by atoms with Gasteiger partial charge in [-0.3, -0.25) is 0 Å². The van der Waals surface area contributed by atoms with Gasteiger partial charge in [0.05, 0.1) is 0 Å². The molecule has 0 aromatic carbocycles. The van der Waals surface area contributed by atoms with Gasteiger partial charge in [-0.2, -0.15) is 0 Å². The Morgan fingerprint density at radius 1 is 1.43 bits per heavy atom. The van der Waals surface area contributed by atoms with Gasteiger partial charge in [-0.15, -0.1) is 6.61 Å². The van der Waals surface area contributed by atoms with Crippen LogP contribution in [0.1, 0.15) is 19.3 Å². The van der Waals surface area contributed by atoms with E-state index in [9.17, 15) is 5.11 Å². The fourth-order valence-corrected chi connectivity index (χ4v) is 0.573. The van der Waals surface area contributed by atoms with Gasteiger partial charge in [0, 0.05) is 0 Å². The fraction of sp³-hybridized carbons (Fsp3) is 1.00. The van der Waals surface area contributed by atoms with Gasteiger partial charge in [-0.05, 0) is 5.92 Å². The van der Waals surface area contributed by atoms with Gasteiger partial charge >= 0.3 is 51.4 Å². The van der Waals surface area contributed by atoms with Crippen molar-refractivity contribution >= 4 is 0 Å². The predicted octanol–water partition coefficient (Wildman–Crippen LogP) is -2.85. The molecule has 1 nitrogen and oxygen atoms in total. The van der Waals surface area contributed by atoms with Crippen molar-refractivity contribution in [3.05, 3.63) is 0 Å². The molecule has 0 heterocycles. The second-order valence-electron chi connectivity index (χ2n) is 1.94. The Morgan fingerprint density at radius 2 is 2.00 bits per heavy atom. The number of hydrogen-bond acceptors (Lipinski definition) is 1. The average Bonchev–Trinajstić information content (AvgIpc) is 2.21. The molecule has 2 heteroatoms. The SMILES string of the molecule is [K+].[O-]CCC1CC1. The molecule has 0 unspecified atom stereocenters. The molecule has 0 saturated heterocycles. The Bertz CT molecular complexity index is 43.3. The van der Waals surface area contributed by atoms with Crippen LogP contribution >= 0.6 is 0 Å². The Morgan fingerprint density at radius 3 is 2.14 bits per heavy atom. The zero-order valence-electron chi connectivity index (χ0n) is 4.81. The van der Waals surface area contributed by atoms with Crippen LogP contribution < -0.4 is 56.5 Å². The van der Waals surface area contributed by atoms with E-state index in [-0.39, 0.29) is 58.0 Å². The van der Waals surface area contributed by atoms with E-state index in [2.05, 4.69) is 0 Å². The summed E-state index contributed by atoms with van der Waals surface area (Å²) in [7, 11) is 0. The van der Waals surface area contributed by atoms with Crippen LogP contribution in [0.4, 0.5) is 0 Å². The summed E-state index contributed by atoms with van der Waals surface area (Å²) in [4.78, 5) is 0. The zero-order valence-corrected chi connectivity index (χ0v) is 7.94. The van der Waals surface area contributed by atoms with Crippen LogP contribution in [0.2, 0.25) is 0 Å². The van der Waals surface area contributed by atoms with Gasteiger partial charge in [-0.25, -0.2) is 0 Å². The van der Waals surface area contributed by atoms with Gasteiger partial charge in [0.15, 0.2) is 0 Å². The van der Waals surface area contributed by atoms with Gasteiger partial charge in [0.25, 0.3) is 0 Å². The Kier molecular flexibility index (Phi) is 5.49. The van der Waals surface area contributed by atoms with Crippen molar-refractivity contribution in [1.29, 1.82) is 0 Å². The normalized spacial score (nSPS) is 18.4. The molecule has 1 aliphatic rings. The van der Waals surface area contributed by atoms with E-state index in [0.717, 1.165) is 12.3 Å². The topological polar surface area (TPSA) is 23.1 Å². The molecule has 0 atom stereocenters. The summed E-state index contributed by atoms with van der Waals surface area (Å²) >= 11 is 0. The Labute approximate surface area is 86.9 Å². The third-order valence-electron chi connectivity index (χ3n) is 1.22. The summed E-state index contributed by atoms with van der Waals surface area (Å²) in [5.41, 5.74) is 0. The van der Waals surface area contributed by atoms with Gasteiger partial charge < -0.3 is 5.11 Å². The van der Waals surface area contributed by atoms with E-state index < -0.39 is 0 Å². The van der Waals surface area contributed by atoms with Crippen LogP contribution in [-0.4, -0.2) is 6.61 Å². The summed E-state index contributed by atoms with van der Waals surface area (Å²) in [5, 5.41) is 9.78. The van der Waals surface area contributed by atoms with E-state index in [4.69, 9.17) is 0 Å². The molecule has 0 aliphatic heterocycles. The standard InChI is InChI=1S/C5H9O.K/c6-4-3-5-1-2-5;/h5H,1-4H2;/q-1;+1. The quantitative estimate of drug-likeness (QED) is 0.363. The maximum Gasteiger partial charge on any atom is 1.00 e. The van der Waals surface area contributed by atoms with Gasteiger partial charge in [0.2, 0.25) is 0 Å². The minimum atomic E-state index is 0. The monoisotopic (exact) mass is 124 g/mol. The van der Waals surface area contributed by atoms with Crippen molar-refractivity contribution in [3.63, 3.8) is 0 Å². The largest absolute Gasteiger partial charge is 1.00 e. The molecule has 1 fully saturated rings. The third kappa shape index (κ3) is 4.12. The summed E-state index contributed by atoms with van der Waals surface area (Å²) in [5.74, 6) is 0.836. The predicted molar refractivity (Wildman–Crippen MR) is 22.2 cm³/mol. The minimum Gasteiger partial charge on any atom is -0.854 e. The molecule has 0 bridgehead atoms. The van der Waals surface area contributed by atoms with Crippen molar-refractivity contribution in [2.75, 3.05) is 6.61 Å². The van der Waals surface area contributed by atoms with E-state index in [0.29, 0.717) is 0 Å². The van der Waals surface area contributed by atoms with Crippen molar-refractivity contribution in [2.45, 2.75) is 19.3 Å². The molecule has 1 saturated carbocycles. The van der Waals surface area contributed by atoms with Gasteiger partial charge in [0.1, 0.15) is 0 Å². The molecular formula is C5H9KO. The second kappa shape index (κ2) is 4.47. The molecule has 0 spiro atoms. The number of rotatable bonds is 2. The fourth-order valence-electron chi connectivity index (χ4n) is 0.573. The van der Waals surface area contributed by atoms with Crippen LogP contribution in [0.25, 0.3) is 0 Å². The maximum absolute atomic E-state index is 9.78.